The lowest BCUT2D eigenvalue weighted by Crippen LogP contribution is -2.50. The molecule has 1 aliphatic heterocycles. The molecule has 0 bridgehead atoms. The predicted octanol–water partition coefficient (Wildman–Crippen LogP) is 2.09. The van der Waals surface area contributed by atoms with E-state index in [0.717, 1.165) is 5.75 Å². The number of β-amino-alcohol motifs (C(OH)–C–C–N with tert-alkyl or cyclic N) is 1. The normalized spacial score (nSPS) is 17.1. The van der Waals surface area contributed by atoms with E-state index in [4.69, 9.17) is 21.1 Å². The van der Waals surface area contributed by atoms with Crippen molar-refractivity contribution in [3.63, 3.8) is 0 Å². The fourth-order valence-electron chi connectivity index (χ4n) is 3.14. The zero-order valence-corrected chi connectivity index (χ0v) is 17.8. The summed E-state index contributed by atoms with van der Waals surface area (Å²) in [5, 5.41) is 10.7. The van der Waals surface area contributed by atoms with Gasteiger partial charge in [0.25, 0.3) is 0 Å². The van der Waals surface area contributed by atoms with Crippen LogP contribution in [-0.4, -0.2) is 75.3 Å². The second-order valence-corrected chi connectivity index (χ2v) is 9.18. The van der Waals surface area contributed by atoms with E-state index in [2.05, 4.69) is 0 Å². The molecule has 1 heterocycles. The van der Waals surface area contributed by atoms with Crippen molar-refractivity contribution in [2.75, 3.05) is 46.4 Å². The Morgan fingerprint density at radius 1 is 1.07 bits per heavy atom. The first-order valence-electron chi connectivity index (χ1n) is 9.31. The summed E-state index contributed by atoms with van der Waals surface area (Å²) in [5.41, 5.74) is 0. The van der Waals surface area contributed by atoms with Crippen LogP contribution in [0.4, 0.5) is 0 Å². The Morgan fingerprint density at radius 3 is 2.34 bits per heavy atom. The smallest absolute Gasteiger partial charge is 0.243 e. The number of halogens is 1. The van der Waals surface area contributed by atoms with Gasteiger partial charge in [-0.1, -0.05) is 17.7 Å². The molecule has 9 heteroatoms. The van der Waals surface area contributed by atoms with E-state index in [9.17, 15) is 13.5 Å². The molecule has 2 aromatic carbocycles. The molecule has 1 fully saturated rings. The quantitative estimate of drug-likeness (QED) is 0.677. The minimum absolute atomic E-state index is 0.160. The lowest BCUT2D eigenvalue weighted by atomic mass is 10.3. The van der Waals surface area contributed by atoms with Gasteiger partial charge in [0.2, 0.25) is 10.0 Å². The number of aliphatic hydroxyl groups is 1. The van der Waals surface area contributed by atoms with Gasteiger partial charge in [0.1, 0.15) is 24.2 Å². The Labute approximate surface area is 176 Å². The number of methoxy groups -OCH3 is 1. The molecule has 158 valence electrons. The monoisotopic (exact) mass is 440 g/mol. The largest absolute Gasteiger partial charge is 0.497 e. The molecular weight excluding hydrogens is 416 g/mol. The van der Waals surface area contributed by atoms with Gasteiger partial charge in [0.15, 0.2) is 0 Å². The molecule has 1 atom stereocenters. The average Bonchev–Trinajstić information content (AvgIpc) is 2.73. The number of benzene rings is 2. The molecule has 0 radical (unpaired) electrons. The number of sulfonamides is 1. The van der Waals surface area contributed by atoms with Crippen molar-refractivity contribution < 1.29 is 23.0 Å². The van der Waals surface area contributed by atoms with E-state index >= 15 is 0 Å². The van der Waals surface area contributed by atoms with Gasteiger partial charge in [-0.15, -0.1) is 0 Å². The molecule has 1 aliphatic rings. The van der Waals surface area contributed by atoms with E-state index in [1.54, 1.807) is 49.6 Å². The van der Waals surface area contributed by atoms with Gasteiger partial charge in [-0.25, -0.2) is 8.42 Å². The standard InChI is InChI=1S/C20H25ClN2O5S/c1-27-18-5-7-19(8-6-18)28-15-17(24)14-22-9-11-23(12-10-22)29(25,26)20-4-2-3-16(21)13-20/h2-8,13,17,24H,9-12,14-15H2,1H3. The predicted molar refractivity (Wildman–Crippen MR) is 111 cm³/mol. The van der Waals surface area contributed by atoms with Crippen LogP contribution in [0.15, 0.2) is 53.4 Å². The Balaban J connectivity index is 1.46. The van der Waals surface area contributed by atoms with Gasteiger partial charge in [-0.2, -0.15) is 4.31 Å². The SMILES string of the molecule is COc1ccc(OCC(O)CN2CCN(S(=O)(=O)c3cccc(Cl)c3)CC2)cc1. The number of piperazine rings is 1. The number of rotatable bonds is 8. The van der Waals surface area contributed by atoms with Crippen molar-refractivity contribution in [1.29, 1.82) is 0 Å². The molecule has 0 saturated carbocycles. The Morgan fingerprint density at radius 2 is 1.72 bits per heavy atom. The van der Waals surface area contributed by atoms with Crippen molar-refractivity contribution in [2.45, 2.75) is 11.0 Å². The summed E-state index contributed by atoms with van der Waals surface area (Å²) in [7, 11) is -1.97. The first kappa shape index (κ1) is 21.9. The summed E-state index contributed by atoms with van der Waals surface area (Å²) in [6.45, 7) is 2.38. The third-order valence-electron chi connectivity index (χ3n) is 4.74. The van der Waals surface area contributed by atoms with Crippen molar-refractivity contribution in [3.05, 3.63) is 53.6 Å². The van der Waals surface area contributed by atoms with Crippen LogP contribution in [0.1, 0.15) is 0 Å². The molecule has 1 saturated heterocycles. The maximum Gasteiger partial charge on any atom is 0.243 e. The zero-order chi connectivity index (χ0) is 20.9. The molecule has 0 aliphatic carbocycles. The highest BCUT2D eigenvalue weighted by Crippen LogP contribution is 2.21. The first-order valence-corrected chi connectivity index (χ1v) is 11.1. The van der Waals surface area contributed by atoms with Crippen molar-refractivity contribution >= 4 is 21.6 Å². The van der Waals surface area contributed by atoms with Crippen LogP contribution < -0.4 is 9.47 Å². The average molecular weight is 441 g/mol. The fraction of sp³-hybridized carbons (Fsp3) is 0.400. The van der Waals surface area contributed by atoms with Crippen molar-refractivity contribution in [2.24, 2.45) is 0 Å². The summed E-state index contributed by atoms with van der Waals surface area (Å²) in [4.78, 5) is 2.23. The fourth-order valence-corrected chi connectivity index (χ4v) is 4.87. The molecule has 0 amide bonds. The van der Waals surface area contributed by atoms with Crippen molar-refractivity contribution in [1.82, 2.24) is 9.21 Å². The second-order valence-electron chi connectivity index (χ2n) is 6.80. The number of aliphatic hydroxyl groups excluding tert-OH is 1. The minimum Gasteiger partial charge on any atom is -0.497 e. The van der Waals surface area contributed by atoms with Crippen LogP contribution in [0.3, 0.4) is 0 Å². The number of hydrogen-bond acceptors (Lipinski definition) is 6. The topological polar surface area (TPSA) is 79.3 Å². The van der Waals surface area contributed by atoms with E-state index < -0.39 is 16.1 Å². The molecule has 1 unspecified atom stereocenters. The van der Waals surface area contributed by atoms with Gasteiger partial charge in [0, 0.05) is 37.7 Å². The van der Waals surface area contributed by atoms with Crippen LogP contribution >= 0.6 is 11.6 Å². The highest BCUT2D eigenvalue weighted by atomic mass is 35.5. The minimum atomic E-state index is -3.56. The molecular formula is C20H25ClN2O5S. The molecule has 0 spiro atoms. The second kappa shape index (κ2) is 9.77. The lowest BCUT2D eigenvalue weighted by Gasteiger charge is -2.34. The third-order valence-corrected chi connectivity index (χ3v) is 6.87. The van der Waals surface area contributed by atoms with Crippen LogP contribution in [0, 0.1) is 0 Å². The highest BCUT2D eigenvalue weighted by molar-refractivity contribution is 7.89. The Kier molecular flexibility index (Phi) is 7.37. The number of nitrogens with zero attached hydrogens (tertiary/aromatic N) is 2. The molecule has 1 N–H and O–H groups in total. The van der Waals surface area contributed by atoms with Gasteiger partial charge in [-0.3, -0.25) is 4.90 Å². The molecule has 0 aromatic heterocycles. The molecule has 3 rings (SSSR count). The van der Waals surface area contributed by atoms with Gasteiger partial charge < -0.3 is 14.6 Å². The van der Waals surface area contributed by atoms with Crippen LogP contribution in [-0.2, 0) is 10.0 Å². The highest BCUT2D eigenvalue weighted by Gasteiger charge is 2.29. The summed E-state index contributed by atoms with van der Waals surface area (Å²) >= 11 is 5.92. The third kappa shape index (κ3) is 5.83. The van der Waals surface area contributed by atoms with Gasteiger partial charge in [0.05, 0.1) is 12.0 Å². The summed E-state index contributed by atoms with van der Waals surface area (Å²) in [6.07, 6.45) is -0.673. The summed E-state index contributed by atoms with van der Waals surface area (Å²) in [6, 6.07) is 13.4. The molecule has 7 nitrogen and oxygen atoms in total. The first-order chi connectivity index (χ1) is 13.9. The van der Waals surface area contributed by atoms with E-state index in [-0.39, 0.29) is 11.5 Å². The number of hydrogen-bond donors (Lipinski definition) is 1. The maximum absolute atomic E-state index is 12.7. The van der Waals surface area contributed by atoms with E-state index in [1.807, 2.05) is 4.90 Å². The summed E-state index contributed by atoms with van der Waals surface area (Å²) < 4.78 is 37.6. The zero-order valence-electron chi connectivity index (χ0n) is 16.2. The van der Waals surface area contributed by atoms with Crippen LogP contribution in [0.25, 0.3) is 0 Å². The van der Waals surface area contributed by atoms with E-state index in [0.29, 0.717) is 43.5 Å². The molecule has 2 aromatic rings. The lowest BCUT2D eigenvalue weighted by molar-refractivity contribution is 0.0569. The Hall–Kier alpha value is -1.84. The molecule has 29 heavy (non-hydrogen) atoms. The maximum atomic E-state index is 12.7. The summed E-state index contributed by atoms with van der Waals surface area (Å²) in [5.74, 6) is 1.39. The van der Waals surface area contributed by atoms with Gasteiger partial charge in [-0.05, 0) is 42.5 Å². The van der Waals surface area contributed by atoms with Gasteiger partial charge >= 0.3 is 0 Å². The van der Waals surface area contributed by atoms with Crippen LogP contribution in [0.5, 0.6) is 11.5 Å². The van der Waals surface area contributed by atoms with E-state index in [1.165, 1.54) is 10.4 Å². The number of ether oxygens (including phenoxy) is 2. The van der Waals surface area contributed by atoms with Crippen molar-refractivity contribution in [3.8, 4) is 11.5 Å². The Bertz CT molecular complexity index is 899. The van der Waals surface area contributed by atoms with Crippen LogP contribution in [0.2, 0.25) is 5.02 Å².